The number of esters is 1. The molecular weight excluding hydrogens is 610 g/mol. The van der Waals surface area contributed by atoms with Crippen LogP contribution in [0.4, 0.5) is 5.69 Å². The molecule has 1 aliphatic rings. The van der Waals surface area contributed by atoms with Gasteiger partial charge in [0.2, 0.25) is 5.90 Å². The van der Waals surface area contributed by atoms with Crippen LogP contribution >= 0.6 is 45.8 Å². The van der Waals surface area contributed by atoms with Gasteiger partial charge in [0, 0.05) is 15.7 Å². The predicted octanol–water partition coefficient (Wildman–Crippen LogP) is 6.44. The fourth-order valence-corrected chi connectivity index (χ4v) is 4.36. The van der Waals surface area contributed by atoms with Crippen LogP contribution in [0, 0.1) is 13.7 Å². The first kappa shape index (κ1) is 25.0. The molecule has 0 aliphatic carbocycles. The maximum absolute atomic E-state index is 12.4. The van der Waals surface area contributed by atoms with Crippen LogP contribution < -0.4 is 9.47 Å². The van der Waals surface area contributed by atoms with E-state index >= 15 is 0 Å². The van der Waals surface area contributed by atoms with Gasteiger partial charge >= 0.3 is 5.97 Å². The van der Waals surface area contributed by atoms with E-state index in [2.05, 4.69) is 27.6 Å². The molecule has 11 heteroatoms. The van der Waals surface area contributed by atoms with Crippen LogP contribution in [-0.2, 0) is 16.1 Å². The number of carbonyl (C=O) groups excluding carboxylic acids is 1. The van der Waals surface area contributed by atoms with Gasteiger partial charge < -0.3 is 14.2 Å². The summed E-state index contributed by atoms with van der Waals surface area (Å²) >= 11 is 14.8. The monoisotopic (exact) mass is 624 g/mol. The Morgan fingerprint density at radius 1 is 1.14 bits per heavy atom. The number of nitrogens with zero attached hydrogens (tertiary/aromatic N) is 2. The minimum Gasteiger partial charge on any atom is -0.493 e. The number of carbonyl (C=O) groups is 1. The van der Waals surface area contributed by atoms with E-state index in [1.165, 1.54) is 25.3 Å². The number of methoxy groups -OCH3 is 1. The largest absolute Gasteiger partial charge is 0.493 e. The number of non-ortho nitro benzene ring substituents is 1. The van der Waals surface area contributed by atoms with E-state index in [-0.39, 0.29) is 32.9 Å². The van der Waals surface area contributed by atoms with E-state index in [0.717, 1.165) is 15.2 Å². The molecule has 0 unspecified atom stereocenters. The molecule has 3 aromatic carbocycles. The minimum atomic E-state index is -0.705. The standard InChI is InChI=1S/C24H15Cl2IN2O6/c1-33-21-10-14(8-19(26)22(21)34-12-13-3-2-4-15(27)7-13)9-20-24(30)35-23(28-20)17-6-5-16(29(31)32)11-18(17)25/h2-11H,12H2,1H3/b20-9-. The molecule has 4 rings (SSSR count). The molecular formula is C24H15Cl2IN2O6. The second kappa shape index (κ2) is 10.6. The van der Waals surface area contributed by atoms with Gasteiger partial charge in [-0.2, -0.15) is 0 Å². The summed E-state index contributed by atoms with van der Waals surface area (Å²) in [5, 5.41) is 11.2. The summed E-state index contributed by atoms with van der Waals surface area (Å²) in [4.78, 5) is 26.9. The first-order chi connectivity index (χ1) is 16.7. The van der Waals surface area contributed by atoms with E-state index in [9.17, 15) is 14.9 Å². The molecule has 0 spiro atoms. The lowest BCUT2D eigenvalue weighted by Gasteiger charge is -2.13. The highest BCUT2D eigenvalue weighted by molar-refractivity contribution is 14.1. The van der Waals surface area contributed by atoms with Crippen LogP contribution in [0.25, 0.3) is 6.08 Å². The van der Waals surface area contributed by atoms with Crippen molar-refractivity contribution in [1.29, 1.82) is 0 Å². The van der Waals surface area contributed by atoms with Crippen molar-refractivity contribution in [2.24, 2.45) is 4.99 Å². The van der Waals surface area contributed by atoms with Crippen LogP contribution in [0.5, 0.6) is 11.5 Å². The molecule has 0 radical (unpaired) electrons. The van der Waals surface area contributed by atoms with Crippen LogP contribution in [0.15, 0.2) is 65.3 Å². The van der Waals surface area contributed by atoms with Crippen molar-refractivity contribution < 1.29 is 23.9 Å². The van der Waals surface area contributed by atoms with E-state index in [0.29, 0.717) is 23.7 Å². The molecule has 0 amide bonds. The zero-order chi connectivity index (χ0) is 25.1. The lowest BCUT2D eigenvalue weighted by molar-refractivity contribution is -0.384. The SMILES string of the molecule is COc1cc(/C=C2\N=C(c3ccc([N+](=O)[O-])cc3Cl)OC2=O)cc(Cl)c1OCc1cccc(I)c1. The number of benzene rings is 3. The van der Waals surface area contributed by atoms with Crippen molar-refractivity contribution in [2.45, 2.75) is 6.61 Å². The number of rotatable bonds is 7. The maximum atomic E-state index is 12.4. The first-order valence-electron chi connectivity index (χ1n) is 9.97. The van der Waals surface area contributed by atoms with E-state index in [1.807, 2.05) is 24.3 Å². The fourth-order valence-electron chi connectivity index (χ4n) is 3.22. The van der Waals surface area contributed by atoms with Gasteiger partial charge in [0.25, 0.3) is 5.69 Å². The van der Waals surface area contributed by atoms with Gasteiger partial charge in [-0.3, -0.25) is 10.1 Å². The maximum Gasteiger partial charge on any atom is 0.363 e. The van der Waals surface area contributed by atoms with Gasteiger partial charge in [0.15, 0.2) is 17.2 Å². The molecule has 0 saturated heterocycles. The molecule has 8 nitrogen and oxygen atoms in total. The van der Waals surface area contributed by atoms with Crippen molar-refractivity contribution in [3.8, 4) is 11.5 Å². The molecule has 1 aliphatic heterocycles. The number of hydrogen-bond acceptors (Lipinski definition) is 7. The molecule has 0 N–H and O–H groups in total. The molecule has 0 fully saturated rings. The highest BCUT2D eigenvalue weighted by Crippen LogP contribution is 2.38. The Hall–Kier alpha value is -3.15. The Morgan fingerprint density at radius 2 is 1.94 bits per heavy atom. The summed E-state index contributed by atoms with van der Waals surface area (Å²) in [6, 6.07) is 14.9. The van der Waals surface area contributed by atoms with Crippen molar-refractivity contribution >= 4 is 69.4 Å². The Labute approximate surface area is 223 Å². The Balaban J connectivity index is 1.60. The van der Waals surface area contributed by atoms with Crippen LogP contribution in [0.2, 0.25) is 10.0 Å². The number of aliphatic imine (C=N–C) groups is 1. The molecule has 35 heavy (non-hydrogen) atoms. The molecule has 0 aromatic heterocycles. The summed E-state index contributed by atoms with van der Waals surface area (Å²) in [7, 11) is 1.48. The van der Waals surface area contributed by atoms with E-state index in [1.54, 1.807) is 12.1 Å². The molecule has 0 atom stereocenters. The first-order valence-corrected chi connectivity index (χ1v) is 11.8. The van der Waals surface area contributed by atoms with Crippen LogP contribution in [-0.4, -0.2) is 23.9 Å². The third-order valence-corrected chi connectivity index (χ3v) is 6.11. The van der Waals surface area contributed by atoms with Gasteiger partial charge in [-0.25, -0.2) is 9.79 Å². The summed E-state index contributed by atoms with van der Waals surface area (Å²) in [5.74, 6) is -0.0184. The topological polar surface area (TPSA) is 100 Å². The van der Waals surface area contributed by atoms with Crippen molar-refractivity contribution in [3.63, 3.8) is 0 Å². The van der Waals surface area contributed by atoms with Gasteiger partial charge in [-0.05, 0) is 70.1 Å². The average molecular weight is 625 g/mol. The van der Waals surface area contributed by atoms with Crippen molar-refractivity contribution in [1.82, 2.24) is 0 Å². The van der Waals surface area contributed by atoms with Crippen LogP contribution in [0.1, 0.15) is 16.7 Å². The third-order valence-electron chi connectivity index (χ3n) is 4.84. The normalized spacial score (nSPS) is 14.0. The van der Waals surface area contributed by atoms with Gasteiger partial charge in [0.05, 0.1) is 27.6 Å². The number of halogens is 3. The smallest absolute Gasteiger partial charge is 0.363 e. The number of nitro benzene ring substituents is 1. The highest BCUT2D eigenvalue weighted by Gasteiger charge is 2.27. The number of ether oxygens (including phenoxy) is 3. The molecule has 0 bridgehead atoms. The summed E-state index contributed by atoms with van der Waals surface area (Å²) in [6.45, 7) is 0.295. The average Bonchev–Trinajstić information content (AvgIpc) is 3.17. The zero-order valence-corrected chi connectivity index (χ0v) is 21.6. The molecule has 1 heterocycles. The lowest BCUT2D eigenvalue weighted by atomic mass is 10.1. The molecule has 3 aromatic rings. The number of cyclic esters (lactones) is 1. The Bertz CT molecular complexity index is 1410. The third kappa shape index (κ3) is 5.75. The zero-order valence-electron chi connectivity index (χ0n) is 18.0. The van der Waals surface area contributed by atoms with Crippen molar-refractivity contribution in [2.75, 3.05) is 7.11 Å². The fraction of sp³-hybridized carbons (Fsp3) is 0.0833. The minimum absolute atomic E-state index is 0.0000632. The van der Waals surface area contributed by atoms with E-state index < -0.39 is 10.9 Å². The highest BCUT2D eigenvalue weighted by atomic mass is 127. The molecule has 178 valence electrons. The second-order valence-electron chi connectivity index (χ2n) is 7.21. The van der Waals surface area contributed by atoms with Gasteiger partial charge in [-0.1, -0.05) is 35.3 Å². The summed E-state index contributed by atoms with van der Waals surface area (Å²) in [5.41, 5.74) is 1.57. The van der Waals surface area contributed by atoms with Gasteiger partial charge in [0.1, 0.15) is 6.61 Å². The number of nitro groups is 1. The summed E-state index contributed by atoms with van der Waals surface area (Å²) < 4.78 is 17.6. The van der Waals surface area contributed by atoms with E-state index in [4.69, 9.17) is 37.4 Å². The Kier molecular flexibility index (Phi) is 7.58. The predicted molar refractivity (Wildman–Crippen MR) is 140 cm³/mol. The second-order valence-corrected chi connectivity index (χ2v) is 9.27. The summed E-state index contributed by atoms with van der Waals surface area (Å²) in [6.07, 6.45) is 1.48. The molecule has 0 saturated carbocycles. The lowest BCUT2D eigenvalue weighted by Crippen LogP contribution is -2.06. The Morgan fingerprint density at radius 3 is 2.63 bits per heavy atom. The van der Waals surface area contributed by atoms with Crippen LogP contribution in [0.3, 0.4) is 0 Å². The van der Waals surface area contributed by atoms with Crippen molar-refractivity contribution in [3.05, 3.63) is 101 Å². The quantitative estimate of drug-likeness (QED) is 0.0986. The van der Waals surface area contributed by atoms with Gasteiger partial charge in [-0.15, -0.1) is 0 Å². The number of hydrogen-bond donors (Lipinski definition) is 0.